The fourth-order valence-electron chi connectivity index (χ4n) is 5.22. The molecule has 4 fully saturated rings. The molecule has 4 bridgehead atoms. The number of halogens is 1. The molecule has 0 radical (unpaired) electrons. The summed E-state index contributed by atoms with van der Waals surface area (Å²) in [7, 11) is 0. The van der Waals surface area contributed by atoms with Gasteiger partial charge in [0, 0.05) is 5.54 Å². The monoisotopic (exact) mass is 320 g/mol. The molecule has 4 heteroatoms. The summed E-state index contributed by atoms with van der Waals surface area (Å²) in [5.74, 6) is 2.77. The molecular formula is C17H21ClN2S. The molecule has 0 spiro atoms. The molecule has 0 heterocycles. The van der Waals surface area contributed by atoms with Gasteiger partial charge in [-0.25, -0.2) is 0 Å². The Morgan fingerprint density at radius 3 is 2.19 bits per heavy atom. The number of rotatable bonds is 2. The molecule has 0 unspecified atom stereocenters. The molecule has 21 heavy (non-hydrogen) atoms. The van der Waals surface area contributed by atoms with Crippen LogP contribution in [0.1, 0.15) is 38.5 Å². The number of benzene rings is 1. The van der Waals surface area contributed by atoms with Crippen molar-refractivity contribution in [1.29, 1.82) is 0 Å². The highest BCUT2D eigenvalue weighted by Gasteiger charge is 2.51. The zero-order chi connectivity index (χ0) is 14.4. The Balaban J connectivity index is 1.46. The number of para-hydroxylation sites is 1. The van der Waals surface area contributed by atoms with Crippen molar-refractivity contribution in [2.45, 2.75) is 44.1 Å². The van der Waals surface area contributed by atoms with Gasteiger partial charge in [0.2, 0.25) is 0 Å². The molecule has 4 aliphatic rings. The number of anilines is 1. The summed E-state index contributed by atoms with van der Waals surface area (Å²) < 4.78 is 0. The number of nitrogens with one attached hydrogen (secondary N) is 2. The van der Waals surface area contributed by atoms with Gasteiger partial charge in [-0.2, -0.15) is 0 Å². The average molecular weight is 321 g/mol. The van der Waals surface area contributed by atoms with Crippen LogP contribution in [0.5, 0.6) is 0 Å². The van der Waals surface area contributed by atoms with Crippen LogP contribution in [-0.2, 0) is 0 Å². The minimum atomic E-state index is 0.250. The quantitative estimate of drug-likeness (QED) is 0.779. The van der Waals surface area contributed by atoms with Crippen LogP contribution in [0.4, 0.5) is 5.69 Å². The van der Waals surface area contributed by atoms with Crippen molar-refractivity contribution < 1.29 is 0 Å². The van der Waals surface area contributed by atoms with Gasteiger partial charge in [-0.1, -0.05) is 23.7 Å². The lowest BCUT2D eigenvalue weighted by molar-refractivity contribution is -0.00972. The Bertz CT molecular complexity index is 536. The van der Waals surface area contributed by atoms with Gasteiger partial charge < -0.3 is 10.6 Å². The van der Waals surface area contributed by atoms with Crippen LogP contribution in [-0.4, -0.2) is 10.7 Å². The summed E-state index contributed by atoms with van der Waals surface area (Å²) in [6.07, 6.45) is 8.24. The molecule has 1 aromatic carbocycles. The van der Waals surface area contributed by atoms with Gasteiger partial charge in [0.1, 0.15) is 0 Å². The molecule has 2 nitrogen and oxygen atoms in total. The van der Waals surface area contributed by atoms with E-state index in [1.807, 2.05) is 24.3 Å². The average Bonchev–Trinajstić information content (AvgIpc) is 2.39. The van der Waals surface area contributed by atoms with Gasteiger partial charge in [-0.05, 0) is 80.6 Å². The third kappa shape index (κ3) is 2.66. The molecule has 0 aliphatic heterocycles. The van der Waals surface area contributed by atoms with Crippen molar-refractivity contribution in [2.24, 2.45) is 17.8 Å². The lowest BCUT2D eigenvalue weighted by Crippen LogP contribution is -2.60. The zero-order valence-electron chi connectivity index (χ0n) is 12.1. The predicted octanol–water partition coefficient (Wildman–Crippen LogP) is 4.60. The summed E-state index contributed by atoms with van der Waals surface area (Å²) in [5.41, 5.74) is 1.14. The van der Waals surface area contributed by atoms with Crippen LogP contribution in [0.25, 0.3) is 0 Å². The van der Waals surface area contributed by atoms with Gasteiger partial charge in [-0.15, -0.1) is 0 Å². The highest BCUT2D eigenvalue weighted by Crippen LogP contribution is 2.55. The Morgan fingerprint density at radius 1 is 1.05 bits per heavy atom. The fourth-order valence-corrected chi connectivity index (χ4v) is 5.73. The van der Waals surface area contributed by atoms with E-state index in [2.05, 4.69) is 10.6 Å². The van der Waals surface area contributed by atoms with E-state index in [9.17, 15) is 0 Å². The first-order valence-electron chi connectivity index (χ1n) is 7.96. The Labute approximate surface area is 136 Å². The normalized spacial score (nSPS) is 36.5. The van der Waals surface area contributed by atoms with E-state index in [0.717, 1.165) is 28.6 Å². The Morgan fingerprint density at radius 2 is 1.62 bits per heavy atom. The number of hydrogen-bond acceptors (Lipinski definition) is 1. The molecule has 2 N–H and O–H groups in total. The molecule has 112 valence electrons. The molecule has 4 aliphatic carbocycles. The largest absolute Gasteiger partial charge is 0.357 e. The first-order chi connectivity index (χ1) is 10.1. The maximum atomic E-state index is 6.19. The molecule has 0 saturated heterocycles. The first-order valence-corrected chi connectivity index (χ1v) is 8.74. The third-order valence-electron chi connectivity index (χ3n) is 5.54. The highest BCUT2D eigenvalue weighted by atomic mass is 35.5. The van der Waals surface area contributed by atoms with Gasteiger partial charge in [0.25, 0.3) is 0 Å². The van der Waals surface area contributed by atoms with Crippen molar-refractivity contribution in [3.8, 4) is 0 Å². The SMILES string of the molecule is S=C(Nc1ccccc1Cl)NC12CC3CC(CC(C3)C1)C2. The molecule has 5 rings (SSSR count). The minimum Gasteiger partial charge on any atom is -0.357 e. The minimum absolute atomic E-state index is 0.250. The second-order valence-corrected chi connectivity index (χ2v) is 8.07. The van der Waals surface area contributed by atoms with Crippen molar-refractivity contribution in [2.75, 3.05) is 5.32 Å². The lowest BCUT2D eigenvalue weighted by Gasteiger charge is -2.57. The van der Waals surface area contributed by atoms with E-state index in [1.54, 1.807) is 0 Å². The van der Waals surface area contributed by atoms with Gasteiger partial charge in [-0.3, -0.25) is 0 Å². The van der Waals surface area contributed by atoms with Crippen molar-refractivity contribution >= 4 is 34.6 Å². The smallest absolute Gasteiger partial charge is 0.171 e. The maximum absolute atomic E-state index is 6.19. The lowest BCUT2D eigenvalue weighted by atomic mass is 9.53. The van der Waals surface area contributed by atoms with Gasteiger partial charge in [0.15, 0.2) is 5.11 Å². The van der Waals surface area contributed by atoms with E-state index < -0.39 is 0 Å². The summed E-state index contributed by atoms with van der Waals surface area (Å²) in [4.78, 5) is 0. The van der Waals surface area contributed by atoms with Crippen LogP contribution < -0.4 is 10.6 Å². The summed E-state index contributed by atoms with van der Waals surface area (Å²) in [6.45, 7) is 0. The Hall–Kier alpha value is -0.800. The number of thiocarbonyl (C=S) groups is 1. The van der Waals surface area contributed by atoms with E-state index in [4.69, 9.17) is 23.8 Å². The summed E-state index contributed by atoms with van der Waals surface area (Å²) >= 11 is 11.7. The zero-order valence-corrected chi connectivity index (χ0v) is 13.6. The Kier molecular flexibility index (Phi) is 3.38. The van der Waals surface area contributed by atoms with E-state index in [1.165, 1.54) is 38.5 Å². The summed E-state index contributed by atoms with van der Waals surface area (Å²) in [5, 5.41) is 8.38. The van der Waals surface area contributed by atoms with E-state index >= 15 is 0 Å². The third-order valence-corrected chi connectivity index (χ3v) is 6.07. The van der Waals surface area contributed by atoms with Crippen LogP contribution in [0.2, 0.25) is 5.02 Å². The van der Waals surface area contributed by atoms with Gasteiger partial charge >= 0.3 is 0 Å². The van der Waals surface area contributed by atoms with E-state index in [0.29, 0.717) is 5.02 Å². The van der Waals surface area contributed by atoms with Crippen LogP contribution in [0.3, 0.4) is 0 Å². The van der Waals surface area contributed by atoms with Crippen LogP contribution in [0.15, 0.2) is 24.3 Å². The molecular weight excluding hydrogens is 300 g/mol. The van der Waals surface area contributed by atoms with Gasteiger partial charge in [0.05, 0.1) is 10.7 Å². The maximum Gasteiger partial charge on any atom is 0.171 e. The molecule has 0 atom stereocenters. The molecule has 1 aromatic rings. The molecule has 0 aromatic heterocycles. The van der Waals surface area contributed by atoms with Crippen molar-refractivity contribution in [3.63, 3.8) is 0 Å². The van der Waals surface area contributed by atoms with Crippen LogP contribution >= 0.6 is 23.8 Å². The standard InChI is InChI=1S/C17H21ClN2S/c18-14-3-1-2-4-15(14)19-16(21)20-17-8-11-5-12(9-17)7-13(6-11)10-17/h1-4,11-13H,5-10H2,(H2,19,20,21). The second-order valence-electron chi connectivity index (χ2n) is 7.26. The van der Waals surface area contributed by atoms with Crippen molar-refractivity contribution in [1.82, 2.24) is 5.32 Å². The molecule has 4 saturated carbocycles. The predicted molar refractivity (Wildman–Crippen MR) is 91.7 cm³/mol. The summed E-state index contributed by atoms with van der Waals surface area (Å²) in [6, 6.07) is 7.76. The highest BCUT2D eigenvalue weighted by molar-refractivity contribution is 7.80. The first kappa shape index (κ1) is 13.8. The van der Waals surface area contributed by atoms with E-state index in [-0.39, 0.29) is 5.54 Å². The second kappa shape index (κ2) is 5.13. The number of hydrogen-bond donors (Lipinski definition) is 2. The topological polar surface area (TPSA) is 24.1 Å². The molecule has 0 amide bonds. The fraction of sp³-hybridized carbons (Fsp3) is 0.588. The van der Waals surface area contributed by atoms with Crippen LogP contribution in [0, 0.1) is 17.8 Å². The van der Waals surface area contributed by atoms with Crippen molar-refractivity contribution in [3.05, 3.63) is 29.3 Å².